The fourth-order valence-electron chi connectivity index (χ4n) is 1.21. The van der Waals surface area contributed by atoms with Crippen molar-refractivity contribution in [3.8, 4) is 0 Å². The SMILES string of the molecule is CCNc1nc(Cc2ccccn2)no1. The van der Waals surface area contributed by atoms with Crippen LogP contribution in [0.15, 0.2) is 28.9 Å². The quantitative estimate of drug-likeness (QED) is 0.817. The monoisotopic (exact) mass is 204 g/mol. The van der Waals surface area contributed by atoms with Crippen LogP contribution in [0.5, 0.6) is 0 Å². The maximum Gasteiger partial charge on any atom is 0.321 e. The molecule has 5 heteroatoms. The van der Waals surface area contributed by atoms with Crippen LogP contribution >= 0.6 is 0 Å². The third kappa shape index (κ3) is 2.52. The summed E-state index contributed by atoms with van der Waals surface area (Å²) in [5, 5.41) is 6.79. The second kappa shape index (κ2) is 4.54. The minimum absolute atomic E-state index is 0.462. The van der Waals surface area contributed by atoms with Crippen molar-refractivity contribution in [2.45, 2.75) is 13.3 Å². The number of pyridine rings is 1. The Morgan fingerprint density at radius 2 is 2.33 bits per heavy atom. The largest absolute Gasteiger partial charge is 0.338 e. The smallest absolute Gasteiger partial charge is 0.321 e. The first-order valence-corrected chi connectivity index (χ1v) is 4.85. The Kier molecular flexibility index (Phi) is 2.92. The second-order valence-electron chi connectivity index (χ2n) is 3.04. The lowest BCUT2D eigenvalue weighted by molar-refractivity contribution is 0.424. The van der Waals surface area contributed by atoms with Gasteiger partial charge in [0, 0.05) is 18.4 Å². The Hall–Kier alpha value is -1.91. The maximum absolute atomic E-state index is 4.98. The minimum Gasteiger partial charge on any atom is -0.338 e. The highest BCUT2D eigenvalue weighted by Gasteiger charge is 2.05. The first-order valence-electron chi connectivity index (χ1n) is 4.85. The van der Waals surface area contributed by atoms with Crippen molar-refractivity contribution in [2.75, 3.05) is 11.9 Å². The van der Waals surface area contributed by atoms with E-state index in [0.29, 0.717) is 18.3 Å². The molecule has 5 nitrogen and oxygen atoms in total. The first-order chi connectivity index (χ1) is 7.38. The highest BCUT2D eigenvalue weighted by atomic mass is 16.5. The highest BCUT2D eigenvalue weighted by Crippen LogP contribution is 2.06. The van der Waals surface area contributed by atoms with Gasteiger partial charge in [0.1, 0.15) is 0 Å². The van der Waals surface area contributed by atoms with Crippen molar-refractivity contribution < 1.29 is 4.52 Å². The average molecular weight is 204 g/mol. The molecule has 15 heavy (non-hydrogen) atoms. The van der Waals surface area contributed by atoms with Gasteiger partial charge in [-0.25, -0.2) is 0 Å². The minimum atomic E-state index is 0.462. The van der Waals surface area contributed by atoms with E-state index in [9.17, 15) is 0 Å². The summed E-state index contributed by atoms with van der Waals surface area (Å²) >= 11 is 0. The number of rotatable bonds is 4. The zero-order valence-electron chi connectivity index (χ0n) is 8.47. The molecule has 2 aromatic rings. The van der Waals surface area contributed by atoms with Crippen LogP contribution in [0.4, 0.5) is 6.01 Å². The van der Waals surface area contributed by atoms with Crippen LogP contribution < -0.4 is 5.32 Å². The van der Waals surface area contributed by atoms with Crippen LogP contribution in [-0.2, 0) is 6.42 Å². The number of aromatic nitrogens is 3. The molecule has 1 N–H and O–H groups in total. The van der Waals surface area contributed by atoms with Gasteiger partial charge in [0.2, 0.25) is 0 Å². The van der Waals surface area contributed by atoms with Crippen molar-refractivity contribution in [1.82, 2.24) is 15.1 Å². The molecule has 0 aliphatic carbocycles. The highest BCUT2D eigenvalue weighted by molar-refractivity contribution is 5.19. The van der Waals surface area contributed by atoms with Crippen LogP contribution in [0.2, 0.25) is 0 Å². The molecule has 0 amide bonds. The van der Waals surface area contributed by atoms with Gasteiger partial charge in [0.15, 0.2) is 5.82 Å². The molecule has 0 radical (unpaired) electrons. The Morgan fingerprint density at radius 1 is 1.40 bits per heavy atom. The molecule has 0 aliphatic rings. The third-order valence-electron chi connectivity index (χ3n) is 1.86. The van der Waals surface area contributed by atoms with Gasteiger partial charge in [-0.3, -0.25) is 4.98 Å². The zero-order valence-corrected chi connectivity index (χ0v) is 8.47. The van der Waals surface area contributed by atoms with Crippen molar-refractivity contribution >= 4 is 6.01 Å². The van der Waals surface area contributed by atoms with E-state index in [1.807, 2.05) is 25.1 Å². The van der Waals surface area contributed by atoms with E-state index in [0.717, 1.165) is 12.2 Å². The average Bonchev–Trinajstić information content (AvgIpc) is 2.68. The summed E-state index contributed by atoms with van der Waals surface area (Å²) in [7, 11) is 0. The lowest BCUT2D eigenvalue weighted by atomic mass is 10.3. The zero-order chi connectivity index (χ0) is 10.5. The molecular formula is C10H12N4O. The first kappa shape index (κ1) is 9.64. The summed E-state index contributed by atoms with van der Waals surface area (Å²) in [6.45, 7) is 2.74. The summed E-state index contributed by atoms with van der Waals surface area (Å²) in [6, 6.07) is 6.21. The number of anilines is 1. The number of nitrogens with one attached hydrogen (secondary N) is 1. The van der Waals surface area contributed by atoms with E-state index in [2.05, 4.69) is 20.4 Å². The molecule has 0 bridgehead atoms. The standard InChI is InChI=1S/C10H12N4O/c1-2-11-10-13-9(14-15-10)7-8-5-3-4-6-12-8/h3-6H,2,7H2,1H3,(H,11,13,14). The second-order valence-corrected chi connectivity index (χ2v) is 3.04. The van der Waals surface area contributed by atoms with Gasteiger partial charge in [0.25, 0.3) is 0 Å². The molecule has 0 aromatic carbocycles. The summed E-state index contributed by atoms with van der Waals surface area (Å²) in [6.07, 6.45) is 2.34. The molecule has 0 unspecified atom stereocenters. The Labute approximate surface area is 87.5 Å². The Balaban J connectivity index is 2.05. The van der Waals surface area contributed by atoms with Gasteiger partial charge in [-0.05, 0) is 19.1 Å². The van der Waals surface area contributed by atoms with Crippen LogP contribution in [-0.4, -0.2) is 21.7 Å². The Bertz CT molecular complexity index is 412. The fourth-order valence-corrected chi connectivity index (χ4v) is 1.21. The normalized spacial score (nSPS) is 10.2. The van der Waals surface area contributed by atoms with E-state index in [1.165, 1.54) is 0 Å². The lowest BCUT2D eigenvalue weighted by Crippen LogP contribution is -1.97. The molecule has 2 heterocycles. The van der Waals surface area contributed by atoms with E-state index < -0.39 is 0 Å². The van der Waals surface area contributed by atoms with Crippen LogP contribution in [0.1, 0.15) is 18.4 Å². The number of nitrogens with zero attached hydrogens (tertiary/aromatic N) is 3. The van der Waals surface area contributed by atoms with Gasteiger partial charge >= 0.3 is 6.01 Å². The summed E-state index contributed by atoms with van der Waals surface area (Å²) in [4.78, 5) is 8.35. The molecule has 2 aromatic heterocycles. The molecule has 78 valence electrons. The van der Waals surface area contributed by atoms with Gasteiger partial charge in [0.05, 0.1) is 6.42 Å². The summed E-state index contributed by atoms with van der Waals surface area (Å²) in [5.41, 5.74) is 0.932. The van der Waals surface area contributed by atoms with Crippen LogP contribution in [0, 0.1) is 0 Å². The van der Waals surface area contributed by atoms with Crippen molar-refractivity contribution in [3.63, 3.8) is 0 Å². The van der Waals surface area contributed by atoms with Crippen molar-refractivity contribution in [3.05, 3.63) is 35.9 Å². The summed E-state index contributed by atoms with van der Waals surface area (Å²) in [5.74, 6) is 0.643. The molecular weight excluding hydrogens is 192 g/mol. The van der Waals surface area contributed by atoms with Crippen molar-refractivity contribution in [2.24, 2.45) is 0 Å². The third-order valence-corrected chi connectivity index (χ3v) is 1.86. The molecule has 0 aliphatic heterocycles. The predicted octanol–water partition coefficient (Wildman–Crippen LogP) is 1.49. The van der Waals surface area contributed by atoms with E-state index in [4.69, 9.17) is 4.52 Å². The number of hydrogen-bond donors (Lipinski definition) is 1. The molecule has 0 fully saturated rings. The van der Waals surface area contributed by atoms with Gasteiger partial charge in [-0.1, -0.05) is 11.2 Å². The lowest BCUT2D eigenvalue weighted by Gasteiger charge is -1.93. The van der Waals surface area contributed by atoms with Gasteiger partial charge in [-0.15, -0.1) is 0 Å². The fraction of sp³-hybridized carbons (Fsp3) is 0.300. The van der Waals surface area contributed by atoms with Gasteiger partial charge in [-0.2, -0.15) is 4.98 Å². The van der Waals surface area contributed by atoms with Crippen molar-refractivity contribution in [1.29, 1.82) is 0 Å². The van der Waals surface area contributed by atoms with Crippen LogP contribution in [0.25, 0.3) is 0 Å². The Morgan fingerprint density at radius 3 is 3.07 bits per heavy atom. The summed E-state index contributed by atoms with van der Waals surface area (Å²) < 4.78 is 4.98. The maximum atomic E-state index is 4.98. The molecule has 0 atom stereocenters. The topological polar surface area (TPSA) is 63.8 Å². The molecule has 0 saturated carbocycles. The van der Waals surface area contributed by atoms with Crippen LogP contribution in [0.3, 0.4) is 0 Å². The number of hydrogen-bond acceptors (Lipinski definition) is 5. The molecule has 2 rings (SSSR count). The molecule has 0 spiro atoms. The molecule has 0 saturated heterocycles. The van der Waals surface area contributed by atoms with E-state index in [-0.39, 0.29) is 0 Å². The van der Waals surface area contributed by atoms with E-state index in [1.54, 1.807) is 6.20 Å². The van der Waals surface area contributed by atoms with Gasteiger partial charge < -0.3 is 9.84 Å². The predicted molar refractivity (Wildman–Crippen MR) is 55.5 cm³/mol. The van der Waals surface area contributed by atoms with E-state index >= 15 is 0 Å².